The molecule has 36 heavy (non-hydrogen) atoms. The molecule has 1 unspecified atom stereocenters. The van der Waals surface area contributed by atoms with Crippen molar-refractivity contribution in [2.24, 2.45) is 0 Å². The minimum absolute atomic E-state index is 0.118. The van der Waals surface area contributed by atoms with Crippen molar-refractivity contribution in [3.05, 3.63) is 90.5 Å². The number of nitro groups is 1. The summed E-state index contributed by atoms with van der Waals surface area (Å²) >= 11 is 0. The zero-order valence-corrected chi connectivity index (χ0v) is 19.9. The second kappa shape index (κ2) is 9.42. The third kappa shape index (κ3) is 3.88. The first-order valence-corrected chi connectivity index (χ1v) is 10.8. The zero-order chi connectivity index (χ0) is 26.1. The predicted molar refractivity (Wildman–Crippen MR) is 128 cm³/mol. The number of benzene rings is 2. The molecule has 0 aliphatic heterocycles. The highest BCUT2D eigenvalue weighted by Gasteiger charge is 2.41. The quantitative estimate of drug-likeness (QED) is 0.405. The largest absolute Gasteiger partial charge is 0.501 e. The zero-order valence-electron chi connectivity index (χ0n) is 19.9. The molecule has 1 aromatic heterocycles. The van der Waals surface area contributed by atoms with Crippen LogP contribution < -0.4 is 19.8 Å². The molecule has 0 fully saturated rings. The van der Waals surface area contributed by atoms with Crippen molar-refractivity contribution in [3.63, 3.8) is 0 Å². The van der Waals surface area contributed by atoms with Gasteiger partial charge in [-0.05, 0) is 43.2 Å². The molecule has 0 saturated heterocycles. The fourth-order valence-electron chi connectivity index (χ4n) is 4.30. The average molecular weight is 490 g/mol. The van der Waals surface area contributed by atoms with Crippen LogP contribution >= 0.6 is 0 Å². The van der Waals surface area contributed by atoms with Gasteiger partial charge in [-0.3, -0.25) is 14.9 Å². The molecule has 4 rings (SSSR count). The number of nitrogens with zero attached hydrogens (tertiary/aromatic N) is 4. The number of aryl methyl sites for hydroxylation is 1. The Bertz CT molecular complexity index is 1480. The van der Waals surface area contributed by atoms with Crippen LogP contribution in [0.2, 0.25) is 0 Å². The van der Waals surface area contributed by atoms with Gasteiger partial charge in [-0.25, -0.2) is 0 Å². The minimum atomic E-state index is -1.04. The normalized spacial score (nSPS) is 14.6. The van der Waals surface area contributed by atoms with E-state index in [4.69, 9.17) is 14.2 Å². The average Bonchev–Trinajstić information content (AvgIpc) is 2.87. The van der Waals surface area contributed by atoms with Crippen LogP contribution in [0.25, 0.3) is 11.4 Å². The first-order valence-electron chi connectivity index (χ1n) is 10.8. The van der Waals surface area contributed by atoms with Gasteiger partial charge in [0, 0.05) is 5.56 Å². The number of rotatable bonds is 6. The van der Waals surface area contributed by atoms with Crippen LogP contribution in [0.3, 0.4) is 0 Å². The lowest BCUT2D eigenvalue weighted by atomic mass is 9.82. The van der Waals surface area contributed by atoms with Crippen LogP contribution in [0.1, 0.15) is 33.9 Å². The number of fused-ring (bicyclic) bond motifs is 1. The monoisotopic (exact) mass is 490 g/mol. The Morgan fingerprint density at radius 1 is 1.14 bits per heavy atom. The maximum absolute atomic E-state index is 13.2. The molecule has 1 heterocycles. The van der Waals surface area contributed by atoms with Gasteiger partial charge in [-0.1, -0.05) is 17.7 Å². The SMILES string of the molecule is COc1cc(C2Cc3c(nn(-c4ccc(C)cc4)c(=O)c3C#N)C(O)=C2[N+](=O)[O-])cc(OC)c1OC. The lowest BCUT2D eigenvalue weighted by Gasteiger charge is -2.24. The van der Waals surface area contributed by atoms with E-state index >= 15 is 0 Å². The third-order valence-electron chi connectivity index (χ3n) is 6.08. The summed E-state index contributed by atoms with van der Waals surface area (Å²) < 4.78 is 17.0. The Balaban J connectivity index is 1.98. The molecule has 184 valence electrons. The molecule has 0 saturated carbocycles. The topological polar surface area (TPSA) is 150 Å². The van der Waals surface area contributed by atoms with Gasteiger partial charge < -0.3 is 19.3 Å². The van der Waals surface area contributed by atoms with E-state index in [2.05, 4.69) is 5.10 Å². The van der Waals surface area contributed by atoms with Crippen LogP contribution in [-0.4, -0.2) is 41.1 Å². The Morgan fingerprint density at radius 3 is 2.25 bits per heavy atom. The van der Waals surface area contributed by atoms with Gasteiger partial charge in [0.1, 0.15) is 17.3 Å². The van der Waals surface area contributed by atoms with E-state index in [-0.39, 0.29) is 40.5 Å². The van der Waals surface area contributed by atoms with E-state index in [1.807, 2.05) is 13.0 Å². The van der Waals surface area contributed by atoms with Crippen LogP contribution in [-0.2, 0) is 6.42 Å². The van der Waals surface area contributed by atoms with Gasteiger partial charge in [0.2, 0.25) is 11.5 Å². The van der Waals surface area contributed by atoms with Crippen molar-refractivity contribution in [1.29, 1.82) is 5.26 Å². The van der Waals surface area contributed by atoms with Crippen LogP contribution in [0, 0.1) is 28.4 Å². The smallest absolute Gasteiger partial charge is 0.297 e. The molecule has 11 nitrogen and oxygen atoms in total. The second-order valence-corrected chi connectivity index (χ2v) is 8.07. The van der Waals surface area contributed by atoms with Gasteiger partial charge in [0.05, 0.1) is 37.9 Å². The molecule has 1 atom stereocenters. The summed E-state index contributed by atoms with van der Waals surface area (Å²) in [5.41, 5.74) is 0.106. The first-order chi connectivity index (χ1) is 17.2. The lowest BCUT2D eigenvalue weighted by Crippen LogP contribution is -2.31. The summed E-state index contributed by atoms with van der Waals surface area (Å²) in [4.78, 5) is 24.6. The molecule has 1 N–H and O–H groups in total. The van der Waals surface area contributed by atoms with Crippen molar-refractivity contribution in [3.8, 4) is 29.0 Å². The standard InChI is InChI=1S/C25H22N4O7/c1-13-5-7-15(8-6-13)28-25(31)18(12-26)17-11-16(22(29(32)33)23(30)21(17)27-28)14-9-19(34-2)24(36-4)20(10-14)35-3/h5-10,16,30H,11H2,1-4H3. The maximum atomic E-state index is 13.2. The van der Waals surface area contributed by atoms with Gasteiger partial charge in [0.15, 0.2) is 11.5 Å². The van der Waals surface area contributed by atoms with Gasteiger partial charge in [0.25, 0.3) is 11.3 Å². The van der Waals surface area contributed by atoms with Crippen molar-refractivity contribution < 1.29 is 24.2 Å². The number of aliphatic hydroxyl groups excluding tert-OH is 1. The Kier molecular flexibility index (Phi) is 6.35. The van der Waals surface area contributed by atoms with E-state index in [1.165, 1.54) is 33.5 Å². The molecule has 3 aromatic rings. The third-order valence-corrected chi connectivity index (χ3v) is 6.08. The van der Waals surface area contributed by atoms with Crippen molar-refractivity contribution in [2.45, 2.75) is 19.3 Å². The number of aromatic nitrogens is 2. The molecule has 1 aliphatic rings. The van der Waals surface area contributed by atoms with E-state index in [1.54, 1.807) is 24.3 Å². The number of hydrogen-bond donors (Lipinski definition) is 1. The summed E-state index contributed by atoms with van der Waals surface area (Å²) in [5.74, 6) is -0.959. The van der Waals surface area contributed by atoms with E-state index in [0.29, 0.717) is 11.3 Å². The van der Waals surface area contributed by atoms with Gasteiger partial charge in [-0.2, -0.15) is 15.0 Å². The van der Waals surface area contributed by atoms with Gasteiger partial charge >= 0.3 is 0 Å². The van der Waals surface area contributed by atoms with E-state index in [9.17, 15) is 25.3 Å². The highest BCUT2D eigenvalue weighted by Crippen LogP contribution is 2.45. The number of methoxy groups -OCH3 is 3. The molecule has 0 radical (unpaired) electrons. The molecule has 1 aliphatic carbocycles. The minimum Gasteiger partial charge on any atom is -0.501 e. The van der Waals surface area contributed by atoms with Crippen LogP contribution in [0.5, 0.6) is 17.2 Å². The molecular weight excluding hydrogens is 468 g/mol. The first kappa shape index (κ1) is 24.3. The summed E-state index contributed by atoms with van der Waals surface area (Å²) in [6.07, 6.45) is -0.131. The molecular formula is C25H22N4O7. The fourth-order valence-corrected chi connectivity index (χ4v) is 4.30. The summed E-state index contributed by atoms with van der Waals surface area (Å²) in [7, 11) is 4.24. The molecule has 0 bridgehead atoms. The molecule has 0 spiro atoms. The van der Waals surface area contributed by atoms with Crippen molar-refractivity contribution in [1.82, 2.24) is 9.78 Å². The van der Waals surface area contributed by atoms with Crippen molar-refractivity contribution >= 4 is 5.76 Å². The van der Waals surface area contributed by atoms with Crippen LogP contribution in [0.4, 0.5) is 0 Å². The predicted octanol–water partition coefficient (Wildman–Crippen LogP) is 3.28. The second-order valence-electron chi connectivity index (χ2n) is 8.07. The lowest BCUT2D eigenvalue weighted by molar-refractivity contribution is -0.430. The summed E-state index contributed by atoms with van der Waals surface area (Å²) in [6.45, 7) is 1.87. The highest BCUT2D eigenvalue weighted by atomic mass is 16.6. The fraction of sp³-hybridized carbons (Fsp3) is 0.240. The van der Waals surface area contributed by atoms with E-state index in [0.717, 1.165) is 10.2 Å². The number of ether oxygens (including phenoxy) is 3. The van der Waals surface area contributed by atoms with Crippen LogP contribution in [0.15, 0.2) is 46.9 Å². The maximum Gasteiger partial charge on any atom is 0.297 e. The number of nitriles is 1. The number of aliphatic hydroxyl groups is 1. The molecule has 0 amide bonds. The Morgan fingerprint density at radius 2 is 1.75 bits per heavy atom. The van der Waals surface area contributed by atoms with Gasteiger partial charge in [-0.15, -0.1) is 0 Å². The van der Waals surface area contributed by atoms with E-state index < -0.39 is 27.9 Å². The molecule has 2 aromatic carbocycles. The summed E-state index contributed by atoms with van der Waals surface area (Å²) in [5, 5.41) is 37.3. The highest BCUT2D eigenvalue weighted by molar-refractivity contribution is 5.68. The number of allylic oxidation sites excluding steroid dienone is 1. The Hall–Kier alpha value is -4.85. The summed E-state index contributed by atoms with van der Waals surface area (Å²) in [6, 6.07) is 11.7. The van der Waals surface area contributed by atoms with Crippen molar-refractivity contribution in [2.75, 3.05) is 21.3 Å². The molecule has 11 heteroatoms. The Labute approximate surface area is 205 Å². The number of hydrogen-bond acceptors (Lipinski definition) is 9.